The molecule has 4 heterocycles. The third kappa shape index (κ3) is 10.6. The predicted octanol–water partition coefficient (Wildman–Crippen LogP) is 26.0. The summed E-state index contributed by atoms with van der Waals surface area (Å²) in [5, 5.41) is 0. The lowest BCUT2D eigenvalue weighted by Crippen LogP contribution is -2.32. The number of hydrogen-bond acceptors (Lipinski definition) is 8. The maximum absolute atomic E-state index is 5.50. The van der Waals surface area contributed by atoms with Crippen LogP contribution in [0.4, 0.5) is 0 Å². The Bertz CT molecular complexity index is 6760. The van der Waals surface area contributed by atoms with E-state index in [0.717, 1.165) is 89.0 Å². The van der Waals surface area contributed by atoms with E-state index in [2.05, 4.69) is 346 Å². The van der Waals surface area contributed by atoms with Crippen LogP contribution < -0.4 is 0 Å². The quantitative estimate of drug-likeness (QED) is 0.127. The van der Waals surface area contributed by atoms with Crippen molar-refractivity contribution in [2.75, 3.05) is 0 Å². The van der Waals surface area contributed by atoms with Crippen LogP contribution >= 0.6 is 23.5 Å². The molecule has 0 amide bonds. The molecule has 522 valence electrons. The minimum Gasteiger partial charge on any atom is -0.208 e. The fourth-order valence-electron chi connectivity index (χ4n) is 17.9. The van der Waals surface area contributed by atoms with Gasteiger partial charge < -0.3 is 0 Å². The second-order valence-corrected chi connectivity index (χ2v) is 31.3. The van der Waals surface area contributed by atoms with E-state index >= 15 is 0 Å². The minimum absolute atomic E-state index is 0.477. The van der Waals surface area contributed by atoms with Crippen molar-refractivity contribution < 1.29 is 0 Å². The molecule has 0 radical (unpaired) electrons. The summed E-state index contributed by atoms with van der Waals surface area (Å²) in [7, 11) is 0. The number of fused-ring (bicyclic) bond motifs is 18. The second kappa shape index (κ2) is 26.5. The molecule has 2 spiro atoms. The molecule has 8 heteroatoms. The van der Waals surface area contributed by atoms with Gasteiger partial charge in [0.1, 0.15) is 0 Å². The number of rotatable bonds is 11. The molecule has 0 saturated heterocycles. The van der Waals surface area contributed by atoms with Crippen molar-refractivity contribution in [2.24, 2.45) is 0 Å². The van der Waals surface area contributed by atoms with Crippen LogP contribution in [0.2, 0.25) is 0 Å². The fraction of sp³-hybridized carbons (Fsp3) is 0.0192. The van der Waals surface area contributed by atoms with E-state index in [1.54, 1.807) is 0 Å². The molecule has 18 aromatic rings. The highest BCUT2D eigenvalue weighted by Crippen LogP contribution is 2.65. The van der Waals surface area contributed by atoms with Crippen LogP contribution in [0.15, 0.2) is 408 Å². The summed E-state index contributed by atoms with van der Waals surface area (Å²) in [5.41, 5.74) is 30.5. The summed E-state index contributed by atoms with van der Waals surface area (Å²) >= 11 is 3.72. The molecule has 6 nitrogen and oxygen atoms in total. The molecule has 22 rings (SSSR count). The van der Waals surface area contributed by atoms with E-state index < -0.39 is 10.8 Å². The molecule has 2 aliphatic heterocycles. The van der Waals surface area contributed by atoms with Gasteiger partial charge in [0, 0.05) is 53.0 Å². The molecule has 0 fully saturated rings. The van der Waals surface area contributed by atoms with E-state index in [-0.39, 0.29) is 0 Å². The molecular formula is C104H64N6S2. The minimum atomic E-state index is -0.689. The van der Waals surface area contributed by atoms with Crippen LogP contribution in [0.25, 0.3) is 146 Å². The Labute approximate surface area is 658 Å². The Morgan fingerprint density at radius 3 is 0.875 bits per heavy atom. The average Bonchev–Trinajstić information content (AvgIpc) is 1.44. The third-order valence-electron chi connectivity index (χ3n) is 23.0. The van der Waals surface area contributed by atoms with Gasteiger partial charge in [0.25, 0.3) is 0 Å². The monoisotopic (exact) mass is 1460 g/mol. The molecule has 0 bridgehead atoms. The van der Waals surface area contributed by atoms with Crippen molar-refractivity contribution in [3.8, 4) is 146 Å². The summed E-state index contributed by atoms with van der Waals surface area (Å²) in [5.74, 6) is 3.61. The van der Waals surface area contributed by atoms with Crippen molar-refractivity contribution in [1.29, 1.82) is 0 Å². The summed E-state index contributed by atoms with van der Waals surface area (Å²) < 4.78 is 0. The fourth-order valence-corrected chi connectivity index (χ4v) is 20.2. The first kappa shape index (κ1) is 65.3. The molecule has 1 unspecified atom stereocenters. The highest BCUT2D eigenvalue weighted by Gasteiger charge is 2.52. The molecule has 112 heavy (non-hydrogen) atoms. The van der Waals surface area contributed by atoms with Crippen LogP contribution in [0, 0.1) is 0 Å². The van der Waals surface area contributed by atoms with Gasteiger partial charge in [0.2, 0.25) is 0 Å². The number of nitrogens with zero attached hydrogens (tertiary/aromatic N) is 6. The summed E-state index contributed by atoms with van der Waals surface area (Å²) in [4.78, 5) is 36.9. The molecular weight excluding hydrogens is 1400 g/mol. The van der Waals surface area contributed by atoms with E-state index in [9.17, 15) is 0 Å². The maximum atomic E-state index is 5.50. The van der Waals surface area contributed by atoms with Crippen LogP contribution in [0.1, 0.15) is 44.5 Å². The maximum Gasteiger partial charge on any atom is 0.164 e. The Kier molecular flexibility index (Phi) is 15.5. The Balaban J connectivity index is 0.653. The smallest absolute Gasteiger partial charge is 0.164 e. The van der Waals surface area contributed by atoms with Gasteiger partial charge in [-0.25, -0.2) is 29.9 Å². The molecule has 4 aliphatic rings. The number of aromatic nitrogens is 6. The summed E-state index contributed by atoms with van der Waals surface area (Å²) in [6, 6.07) is 141. The van der Waals surface area contributed by atoms with E-state index in [4.69, 9.17) is 29.9 Å². The van der Waals surface area contributed by atoms with E-state index in [1.165, 1.54) is 86.3 Å². The Hall–Kier alpha value is -13.8. The Morgan fingerprint density at radius 1 is 0.143 bits per heavy atom. The molecule has 2 aromatic heterocycles. The molecule has 0 saturated carbocycles. The highest BCUT2D eigenvalue weighted by molar-refractivity contribution is 7.99. The van der Waals surface area contributed by atoms with Crippen molar-refractivity contribution in [2.45, 2.75) is 30.4 Å². The van der Waals surface area contributed by atoms with Crippen LogP contribution in [-0.4, -0.2) is 29.9 Å². The van der Waals surface area contributed by atoms with Gasteiger partial charge in [-0.15, -0.1) is 0 Å². The first-order valence-electron chi connectivity index (χ1n) is 37.9. The van der Waals surface area contributed by atoms with E-state index in [0.29, 0.717) is 34.9 Å². The van der Waals surface area contributed by atoms with Crippen LogP contribution in [0.3, 0.4) is 0 Å². The molecule has 0 N–H and O–H groups in total. The number of hydrogen-bond donors (Lipinski definition) is 0. The summed E-state index contributed by atoms with van der Waals surface area (Å²) in [6.07, 6.45) is 0. The van der Waals surface area contributed by atoms with Gasteiger partial charge >= 0.3 is 0 Å². The zero-order valence-corrected chi connectivity index (χ0v) is 62.1. The van der Waals surface area contributed by atoms with Crippen molar-refractivity contribution in [3.63, 3.8) is 0 Å². The van der Waals surface area contributed by atoms with Gasteiger partial charge in [0.05, 0.1) is 10.8 Å². The van der Waals surface area contributed by atoms with Gasteiger partial charge in [-0.1, -0.05) is 351 Å². The highest BCUT2D eigenvalue weighted by atomic mass is 32.2. The van der Waals surface area contributed by atoms with Crippen molar-refractivity contribution >= 4 is 23.5 Å². The topological polar surface area (TPSA) is 77.3 Å². The van der Waals surface area contributed by atoms with Crippen molar-refractivity contribution in [3.05, 3.63) is 433 Å². The second-order valence-electron chi connectivity index (χ2n) is 29.1. The zero-order valence-electron chi connectivity index (χ0n) is 60.5. The van der Waals surface area contributed by atoms with Gasteiger partial charge in [0.15, 0.2) is 34.9 Å². The predicted molar refractivity (Wildman–Crippen MR) is 456 cm³/mol. The van der Waals surface area contributed by atoms with Gasteiger partial charge in [-0.2, -0.15) is 0 Å². The summed E-state index contributed by atoms with van der Waals surface area (Å²) in [6.45, 7) is 0. The molecule has 16 aromatic carbocycles. The third-order valence-corrected chi connectivity index (χ3v) is 25.3. The largest absolute Gasteiger partial charge is 0.208 e. The lowest BCUT2D eigenvalue weighted by molar-refractivity contribution is 0.723. The zero-order chi connectivity index (χ0) is 73.9. The first-order chi connectivity index (χ1) is 55.5. The normalized spacial score (nSPS) is 14.1. The van der Waals surface area contributed by atoms with Gasteiger partial charge in [-0.05, 0) is 183 Å². The van der Waals surface area contributed by atoms with E-state index in [1.807, 2.05) is 66.0 Å². The van der Waals surface area contributed by atoms with Gasteiger partial charge in [-0.3, -0.25) is 0 Å². The standard InChI is InChI=1S/C104H64N6S2/c1-5-25-65(26-6-1)76-59-77(61-78(60-76)101-107-97(69-29-9-3-10-30-69)105-99(108-101)71-49-45-66(46-50-71)73-54-57-95-91(63-73)103(88-41-21-23-43-93(88)111-95)85-38-18-15-34-80(85)81-35-16-19-39-86(81)103)75-53-56-83-82-36-17-20-40-87(82)104(90(83)62-75)89-42-22-24-44-94(89)112-96-58-55-74(64-92(96)104)67-47-51-72(52-48-67)100-106-98(70-31-11-4-12-32-70)109-102(110-100)84-37-14-13-33-79(84)68-27-7-2-8-28-68/h1-64H. The number of benzene rings is 16. The molecule has 1 atom stereocenters. The van der Waals surface area contributed by atoms with Crippen LogP contribution in [0.5, 0.6) is 0 Å². The SMILES string of the molecule is c1ccc(-c2cc(-c3ccc4c(c3)C3(c5ccccc5Sc5ccc(-c6ccc(-c7nc(-c8ccccc8)nc(-c8ccccc8-c8ccccc8)n7)cc6)cc53)c3ccccc3-4)cc(-c3nc(-c4ccccc4)nc(-c4ccc(-c5ccc6c(c5)C5(c7ccccc7S6)c6ccccc6-c6ccccc65)cc4)n3)c2)cc1. The van der Waals surface area contributed by atoms with Crippen molar-refractivity contribution in [1.82, 2.24) is 29.9 Å². The van der Waals surface area contributed by atoms with Crippen LogP contribution in [-0.2, 0) is 10.8 Å². The lowest BCUT2D eigenvalue weighted by Gasteiger charge is -2.40. The Morgan fingerprint density at radius 2 is 0.411 bits per heavy atom. The molecule has 2 aliphatic carbocycles. The first-order valence-corrected chi connectivity index (χ1v) is 39.6. The lowest BCUT2D eigenvalue weighted by atomic mass is 9.66. The average molecular weight is 1460 g/mol.